The number of carboxylic acids is 1. The van der Waals surface area contributed by atoms with Crippen LogP contribution in [0.4, 0.5) is 0 Å². The number of para-hydroxylation sites is 1. The van der Waals surface area contributed by atoms with Crippen molar-refractivity contribution in [1.82, 2.24) is 4.90 Å². The van der Waals surface area contributed by atoms with Crippen molar-refractivity contribution in [3.05, 3.63) is 29.8 Å². The van der Waals surface area contributed by atoms with Gasteiger partial charge in [-0.1, -0.05) is 38.5 Å². The van der Waals surface area contributed by atoms with Crippen LogP contribution in [0, 0.1) is 29.6 Å². The zero-order valence-electron chi connectivity index (χ0n) is 19.1. The van der Waals surface area contributed by atoms with Gasteiger partial charge in [-0.2, -0.15) is 0 Å². The average Bonchev–Trinajstić information content (AvgIpc) is 3.22. The third-order valence-electron chi connectivity index (χ3n) is 7.73. The summed E-state index contributed by atoms with van der Waals surface area (Å²) >= 11 is 0. The summed E-state index contributed by atoms with van der Waals surface area (Å²) in [7, 11) is 0. The summed E-state index contributed by atoms with van der Waals surface area (Å²) in [5, 5.41) is 30.9. The van der Waals surface area contributed by atoms with Crippen LogP contribution in [0.2, 0.25) is 0 Å². The van der Waals surface area contributed by atoms with Crippen molar-refractivity contribution in [3.63, 3.8) is 0 Å². The fourth-order valence-corrected chi connectivity index (χ4v) is 6.13. The largest absolute Gasteiger partial charge is 0.508 e. The first-order valence-electron chi connectivity index (χ1n) is 11.9. The van der Waals surface area contributed by atoms with Gasteiger partial charge in [-0.25, -0.2) is 0 Å². The van der Waals surface area contributed by atoms with Gasteiger partial charge in [0.1, 0.15) is 5.75 Å². The number of rotatable bonds is 8. The Kier molecular flexibility index (Phi) is 6.51. The number of ether oxygens (including phenoxy) is 1. The normalized spacial score (nSPS) is 33.5. The molecule has 0 bridgehead atoms. The number of carbonyl (C=O) groups excluding carboxylic acids is 2. The molecular formula is C25H33NO7. The number of amides is 2. The Bertz CT molecular complexity index is 931. The molecule has 3 aliphatic rings. The molecule has 1 aromatic carbocycles. The lowest BCUT2D eigenvalue weighted by molar-refractivity contribution is -0.276. The van der Waals surface area contributed by atoms with Crippen LogP contribution in [-0.2, 0) is 19.1 Å². The summed E-state index contributed by atoms with van der Waals surface area (Å²) < 4.78 is 6.21. The van der Waals surface area contributed by atoms with Crippen LogP contribution in [0.1, 0.15) is 64.0 Å². The highest BCUT2D eigenvalue weighted by Crippen LogP contribution is 2.60. The third-order valence-corrected chi connectivity index (χ3v) is 7.73. The number of aliphatic hydroxyl groups is 1. The van der Waals surface area contributed by atoms with Crippen molar-refractivity contribution in [2.45, 2.75) is 64.3 Å². The average molecular weight is 460 g/mol. The zero-order chi connectivity index (χ0) is 23.9. The number of unbranched alkanes of at least 4 members (excludes halogenated alkanes) is 2. The first-order chi connectivity index (χ1) is 15.6. The smallest absolute Gasteiger partial charge is 0.303 e. The summed E-state index contributed by atoms with van der Waals surface area (Å²) in [5.74, 6) is -4.73. The summed E-state index contributed by atoms with van der Waals surface area (Å²) in [6, 6.07) is 6.84. The van der Waals surface area contributed by atoms with Crippen molar-refractivity contribution in [2.75, 3.05) is 6.54 Å². The molecule has 2 amide bonds. The molecule has 1 aromatic rings. The first kappa shape index (κ1) is 23.7. The Balaban J connectivity index is 1.56. The minimum absolute atomic E-state index is 0.0366. The molecule has 2 aliphatic heterocycles. The van der Waals surface area contributed by atoms with Gasteiger partial charge in [0.2, 0.25) is 11.8 Å². The molecule has 0 unspecified atom stereocenters. The van der Waals surface area contributed by atoms with Crippen molar-refractivity contribution in [2.24, 2.45) is 29.6 Å². The Morgan fingerprint density at radius 2 is 1.88 bits per heavy atom. The number of hydrogen-bond donors (Lipinski definition) is 3. The van der Waals surface area contributed by atoms with Crippen LogP contribution in [-0.4, -0.2) is 50.3 Å². The van der Waals surface area contributed by atoms with E-state index < -0.39 is 35.6 Å². The molecular weight excluding hydrogens is 426 g/mol. The van der Waals surface area contributed by atoms with Gasteiger partial charge in [-0.3, -0.25) is 19.3 Å². The van der Waals surface area contributed by atoms with Gasteiger partial charge >= 0.3 is 5.97 Å². The number of likely N-dealkylation sites (tertiary alicyclic amines) is 1. The number of carbonyl (C=O) groups is 3. The SMILES string of the molecule is CC(C)[C@H]1C[C@@H]2C(=O)N(CCCCCC(=O)O)C(=O)[C@@H]2[C@@H]2C[C@@H](c3ccccc3O)O[C@]12O. The Labute approximate surface area is 193 Å². The molecule has 0 spiro atoms. The first-order valence-corrected chi connectivity index (χ1v) is 11.9. The number of aliphatic carboxylic acids is 1. The van der Waals surface area contributed by atoms with Crippen LogP contribution in [0.5, 0.6) is 5.75 Å². The highest BCUT2D eigenvalue weighted by Gasteiger charge is 2.67. The fourth-order valence-electron chi connectivity index (χ4n) is 6.13. The molecule has 180 valence electrons. The number of fused-ring (bicyclic) bond motifs is 3. The number of nitrogens with zero attached hydrogens (tertiary/aromatic N) is 1. The number of aromatic hydroxyl groups is 1. The molecule has 1 saturated carbocycles. The topological polar surface area (TPSA) is 124 Å². The van der Waals surface area contributed by atoms with Crippen LogP contribution in [0.15, 0.2) is 24.3 Å². The lowest BCUT2D eigenvalue weighted by Gasteiger charge is -2.46. The predicted molar refractivity (Wildman–Crippen MR) is 118 cm³/mol. The molecule has 33 heavy (non-hydrogen) atoms. The molecule has 8 heteroatoms. The number of carboxylic acid groups (broad SMARTS) is 1. The van der Waals surface area contributed by atoms with E-state index in [1.165, 1.54) is 4.90 Å². The van der Waals surface area contributed by atoms with Crippen LogP contribution >= 0.6 is 0 Å². The molecule has 2 saturated heterocycles. The molecule has 1 aliphatic carbocycles. The second-order valence-corrected chi connectivity index (χ2v) is 10.0. The van der Waals surface area contributed by atoms with E-state index in [9.17, 15) is 24.6 Å². The Morgan fingerprint density at radius 3 is 2.55 bits per heavy atom. The van der Waals surface area contributed by atoms with Gasteiger partial charge in [0.05, 0.1) is 17.9 Å². The second-order valence-electron chi connectivity index (χ2n) is 10.0. The number of imide groups is 1. The van der Waals surface area contributed by atoms with Crippen LogP contribution < -0.4 is 0 Å². The lowest BCUT2D eigenvalue weighted by Crippen LogP contribution is -2.55. The molecule has 0 aromatic heterocycles. The molecule has 8 nitrogen and oxygen atoms in total. The molecule has 2 heterocycles. The van der Waals surface area contributed by atoms with E-state index in [-0.39, 0.29) is 42.4 Å². The summed E-state index contributed by atoms with van der Waals surface area (Å²) in [6.45, 7) is 4.24. The van der Waals surface area contributed by atoms with E-state index in [0.717, 1.165) is 0 Å². The van der Waals surface area contributed by atoms with Crippen LogP contribution in [0.3, 0.4) is 0 Å². The van der Waals surface area contributed by atoms with Gasteiger partial charge in [0.15, 0.2) is 5.79 Å². The number of hydrogen-bond acceptors (Lipinski definition) is 6. The van der Waals surface area contributed by atoms with Crippen LogP contribution in [0.25, 0.3) is 0 Å². The number of phenols is 1. The second kappa shape index (κ2) is 9.06. The van der Waals surface area contributed by atoms with Gasteiger partial charge in [0.25, 0.3) is 0 Å². The van der Waals surface area contributed by atoms with E-state index in [2.05, 4.69) is 0 Å². The van der Waals surface area contributed by atoms with E-state index in [4.69, 9.17) is 9.84 Å². The van der Waals surface area contributed by atoms with E-state index in [0.29, 0.717) is 37.7 Å². The molecule has 3 fully saturated rings. The van der Waals surface area contributed by atoms with Crippen molar-refractivity contribution in [1.29, 1.82) is 0 Å². The minimum Gasteiger partial charge on any atom is -0.508 e. The summed E-state index contributed by atoms with van der Waals surface area (Å²) in [4.78, 5) is 38.6. The van der Waals surface area contributed by atoms with Gasteiger partial charge in [0, 0.05) is 30.4 Å². The summed E-state index contributed by atoms with van der Waals surface area (Å²) in [5.41, 5.74) is 0.575. The molecule has 0 radical (unpaired) electrons. The maximum absolute atomic E-state index is 13.4. The Hall–Kier alpha value is -2.45. The highest BCUT2D eigenvalue weighted by molar-refractivity contribution is 6.05. The standard InChI is InChI=1S/C25H33NO7/c1-14(2)17-12-16-22(24(31)26(23(16)30)11-7-3-4-10-21(28)29)18-13-20(33-25(17,18)32)15-8-5-6-9-19(15)27/h5-6,8-9,14,16-18,20,22,27,32H,3-4,7,10-13H2,1-2H3,(H,28,29)/t16-,17+,18-,20-,22-,25+/m0/s1. The molecule has 3 N–H and O–H groups in total. The predicted octanol–water partition coefficient (Wildman–Crippen LogP) is 3.08. The van der Waals surface area contributed by atoms with E-state index in [1.807, 2.05) is 13.8 Å². The van der Waals surface area contributed by atoms with Crippen molar-refractivity contribution < 1.29 is 34.4 Å². The molecule has 6 atom stereocenters. The van der Waals surface area contributed by atoms with Gasteiger partial charge in [-0.15, -0.1) is 0 Å². The summed E-state index contributed by atoms with van der Waals surface area (Å²) in [6.07, 6.45) is 1.93. The lowest BCUT2D eigenvalue weighted by atomic mass is 9.62. The number of benzene rings is 1. The maximum Gasteiger partial charge on any atom is 0.303 e. The van der Waals surface area contributed by atoms with Gasteiger partial charge < -0.3 is 20.1 Å². The van der Waals surface area contributed by atoms with E-state index in [1.54, 1.807) is 24.3 Å². The number of phenolic OH excluding ortho intramolecular Hbond substituents is 1. The fraction of sp³-hybridized carbons (Fsp3) is 0.640. The maximum atomic E-state index is 13.4. The zero-order valence-corrected chi connectivity index (χ0v) is 19.1. The molecule has 4 rings (SSSR count). The monoisotopic (exact) mass is 459 g/mol. The van der Waals surface area contributed by atoms with Gasteiger partial charge in [-0.05, 0) is 37.7 Å². The highest BCUT2D eigenvalue weighted by atomic mass is 16.6. The van der Waals surface area contributed by atoms with Crippen molar-refractivity contribution in [3.8, 4) is 5.75 Å². The van der Waals surface area contributed by atoms with E-state index >= 15 is 0 Å². The quantitative estimate of drug-likeness (QED) is 0.403. The third kappa shape index (κ3) is 4.15. The van der Waals surface area contributed by atoms with Crippen molar-refractivity contribution >= 4 is 17.8 Å². The Morgan fingerprint density at radius 1 is 1.15 bits per heavy atom. The minimum atomic E-state index is -1.55.